The lowest BCUT2D eigenvalue weighted by molar-refractivity contribution is -0.156. The number of nitrogens with zero attached hydrogens (tertiary/aromatic N) is 2. The maximum atomic E-state index is 13.3. The number of carbonyl (C=O) groups excluding carboxylic acids is 2. The van der Waals surface area contributed by atoms with Crippen molar-refractivity contribution in [1.29, 1.82) is 0 Å². The fourth-order valence-electron chi connectivity index (χ4n) is 4.14. The van der Waals surface area contributed by atoms with Crippen molar-refractivity contribution in [3.63, 3.8) is 0 Å². The van der Waals surface area contributed by atoms with E-state index in [1.54, 1.807) is 4.90 Å². The summed E-state index contributed by atoms with van der Waals surface area (Å²) in [6.07, 6.45) is -0.686. The third-order valence-electron chi connectivity index (χ3n) is 6.04. The van der Waals surface area contributed by atoms with Gasteiger partial charge in [0.1, 0.15) is 18.8 Å². The molecule has 34 heavy (non-hydrogen) atoms. The first-order valence-electron chi connectivity index (χ1n) is 11.6. The molecule has 3 aromatic carbocycles. The van der Waals surface area contributed by atoms with Crippen LogP contribution in [0.3, 0.4) is 0 Å². The van der Waals surface area contributed by atoms with Gasteiger partial charge in [0.05, 0.1) is 0 Å². The van der Waals surface area contributed by atoms with E-state index < -0.39 is 6.04 Å². The smallest absolute Gasteiger partial charge is 0.410 e. The highest BCUT2D eigenvalue weighted by molar-refractivity contribution is 5.78. The SMILES string of the molecule is C[C@H](OC(=O)C(c1ccccc1)N1CCN(C(=O)OCc2ccccc2)CC1)c1ccccc1. The lowest BCUT2D eigenvalue weighted by Crippen LogP contribution is -2.51. The summed E-state index contributed by atoms with van der Waals surface area (Å²) in [6, 6.07) is 28.5. The van der Waals surface area contributed by atoms with Crippen LogP contribution in [0.5, 0.6) is 0 Å². The highest BCUT2D eigenvalue weighted by Gasteiger charge is 2.34. The highest BCUT2D eigenvalue weighted by atomic mass is 16.6. The molecule has 1 aliphatic heterocycles. The molecule has 0 spiro atoms. The quantitative estimate of drug-likeness (QED) is 0.467. The molecule has 0 saturated carbocycles. The average molecular weight is 459 g/mol. The topological polar surface area (TPSA) is 59.1 Å². The summed E-state index contributed by atoms with van der Waals surface area (Å²) in [5.41, 5.74) is 2.79. The van der Waals surface area contributed by atoms with Gasteiger partial charge in [-0.3, -0.25) is 4.90 Å². The van der Waals surface area contributed by atoms with Gasteiger partial charge >= 0.3 is 12.1 Å². The molecule has 3 aromatic rings. The first-order chi connectivity index (χ1) is 16.6. The van der Waals surface area contributed by atoms with Crippen molar-refractivity contribution in [3.05, 3.63) is 108 Å². The summed E-state index contributed by atoms with van der Waals surface area (Å²) in [7, 11) is 0. The molecule has 1 amide bonds. The van der Waals surface area contributed by atoms with E-state index in [0.29, 0.717) is 26.2 Å². The minimum Gasteiger partial charge on any atom is -0.456 e. The van der Waals surface area contributed by atoms with Crippen molar-refractivity contribution >= 4 is 12.1 Å². The number of hydrogen-bond donors (Lipinski definition) is 0. The highest BCUT2D eigenvalue weighted by Crippen LogP contribution is 2.27. The zero-order chi connectivity index (χ0) is 23.8. The van der Waals surface area contributed by atoms with Crippen LogP contribution >= 0.6 is 0 Å². The minimum absolute atomic E-state index is 0.246. The zero-order valence-electron chi connectivity index (χ0n) is 19.4. The summed E-state index contributed by atoms with van der Waals surface area (Å²) in [6.45, 7) is 4.20. The Morgan fingerprint density at radius 1 is 0.765 bits per heavy atom. The van der Waals surface area contributed by atoms with Gasteiger partial charge in [0, 0.05) is 26.2 Å². The second kappa shape index (κ2) is 11.5. The molecule has 6 heteroatoms. The van der Waals surface area contributed by atoms with Crippen molar-refractivity contribution in [1.82, 2.24) is 9.80 Å². The van der Waals surface area contributed by atoms with E-state index in [1.807, 2.05) is 97.9 Å². The molecule has 4 rings (SSSR count). The predicted octanol–water partition coefficient (Wildman–Crippen LogP) is 4.99. The molecule has 6 nitrogen and oxygen atoms in total. The number of rotatable bonds is 7. The Labute approximate surface area is 200 Å². The number of esters is 1. The molecule has 176 valence electrons. The molecule has 2 atom stereocenters. The number of hydrogen-bond acceptors (Lipinski definition) is 5. The molecule has 1 heterocycles. The van der Waals surface area contributed by atoms with Crippen LogP contribution < -0.4 is 0 Å². The fourth-order valence-corrected chi connectivity index (χ4v) is 4.14. The third kappa shape index (κ3) is 6.02. The van der Waals surface area contributed by atoms with E-state index in [1.165, 1.54) is 0 Å². The van der Waals surface area contributed by atoms with Crippen molar-refractivity contribution < 1.29 is 19.1 Å². The first kappa shape index (κ1) is 23.5. The summed E-state index contributed by atoms with van der Waals surface area (Å²) >= 11 is 0. The van der Waals surface area contributed by atoms with Crippen LogP contribution in [-0.2, 0) is 20.9 Å². The van der Waals surface area contributed by atoms with Crippen LogP contribution in [0.1, 0.15) is 35.8 Å². The Morgan fingerprint density at radius 3 is 1.88 bits per heavy atom. The second-order valence-corrected chi connectivity index (χ2v) is 8.37. The number of benzene rings is 3. The van der Waals surface area contributed by atoms with Crippen molar-refractivity contribution in [2.75, 3.05) is 26.2 Å². The molecule has 1 aliphatic rings. The molecule has 1 fully saturated rings. The van der Waals surface area contributed by atoms with Crippen molar-refractivity contribution in [2.24, 2.45) is 0 Å². The van der Waals surface area contributed by atoms with Crippen molar-refractivity contribution in [3.8, 4) is 0 Å². The van der Waals surface area contributed by atoms with E-state index in [-0.39, 0.29) is 24.8 Å². The Hall–Kier alpha value is -3.64. The van der Waals surface area contributed by atoms with Crippen LogP contribution in [0.2, 0.25) is 0 Å². The van der Waals surface area contributed by atoms with E-state index >= 15 is 0 Å². The maximum absolute atomic E-state index is 13.3. The van der Waals surface area contributed by atoms with E-state index in [2.05, 4.69) is 4.90 Å². The molecule has 1 saturated heterocycles. The van der Waals surface area contributed by atoms with Crippen molar-refractivity contribution in [2.45, 2.75) is 25.7 Å². The van der Waals surface area contributed by atoms with Gasteiger partial charge < -0.3 is 14.4 Å². The van der Waals surface area contributed by atoms with Crippen LogP contribution in [0.25, 0.3) is 0 Å². The summed E-state index contributed by atoms with van der Waals surface area (Å²) in [5.74, 6) is -0.289. The number of amides is 1. The summed E-state index contributed by atoms with van der Waals surface area (Å²) < 4.78 is 11.4. The van der Waals surface area contributed by atoms with E-state index in [0.717, 1.165) is 16.7 Å². The van der Waals surface area contributed by atoms with Gasteiger partial charge in [-0.25, -0.2) is 9.59 Å². The summed E-state index contributed by atoms with van der Waals surface area (Å²) in [5, 5.41) is 0. The van der Waals surface area contributed by atoms with E-state index in [9.17, 15) is 9.59 Å². The molecule has 0 aromatic heterocycles. The van der Waals surface area contributed by atoms with Gasteiger partial charge in [-0.05, 0) is 23.6 Å². The van der Waals surface area contributed by atoms with E-state index in [4.69, 9.17) is 9.47 Å². The third-order valence-corrected chi connectivity index (χ3v) is 6.04. The molecule has 0 aliphatic carbocycles. The zero-order valence-corrected chi connectivity index (χ0v) is 19.4. The van der Waals surface area contributed by atoms with Gasteiger partial charge in [-0.15, -0.1) is 0 Å². The lowest BCUT2D eigenvalue weighted by atomic mass is 10.0. The van der Waals surface area contributed by atoms with Gasteiger partial charge in [-0.2, -0.15) is 0 Å². The standard InChI is InChI=1S/C28H30N2O4/c1-22(24-13-7-3-8-14-24)34-27(31)26(25-15-9-4-10-16-25)29-17-19-30(20-18-29)28(32)33-21-23-11-5-2-6-12-23/h2-16,22,26H,17-21H2,1H3/t22-,26?/m0/s1. The lowest BCUT2D eigenvalue weighted by Gasteiger charge is -2.38. The number of piperazine rings is 1. The van der Waals surface area contributed by atoms with Gasteiger partial charge in [0.15, 0.2) is 0 Å². The van der Waals surface area contributed by atoms with Crippen LogP contribution in [-0.4, -0.2) is 48.0 Å². The normalized spacial score (nSPS) is 15.9. The molecule has 1 unspecified atom stereocenters. The Bertz CT molecular complexity index is 1050. The molecule has 0 bridgehead atoms. The Balaban J connectivity index is 1.39. The minimum atomic E-state index is -0.533. The Kier molecular flexibility index (Phi) is 7.94. The molecule has 0 radical (unpaired) electrons. The van der Waals surface area contributed by atoms with Gasteiger partial charge in [0.2, 0.25) is 0 Å². The largest absolute Gasteiger partial charge is 0.456 e. The van der Waals surface area contributed by atoms with Crippen LogP contribution in [0.4, 0.5) is 4.79 Å². The number of carbonyl (C=O) groups is 2. The second-order valence-electron chi connectivity index (χ2n) is 8.37. The summed E-state index contributed by atoms with van der Waals surface area (Å²) in [4.78, 5) is 29.7. The monoisotopic (exact) mass is 458 g/mol. The number of ether oxygens (including phenoxy) is 2. The molecular formula is C28H30N2O4. The van der Waals surface area contributed by atoms with Crippen LogP contribution in [0.15, 0.2) is 91.0 Å². The molecule has 0 N–H and O–H groups in total. The predicted molar refractivity (Wildman–Crippen MR) is 130 cm³/mol. The van der Waals surface area contributed by atoms with Crippen LogP contribution in [0, 0.1) is 0 Å². The van der Waals surface area contributed by atoms with Gasteiger partial charge in [0.25, 0.3) is 0 Å². The average Bonchev–Trinajstić information content (AvgIpc) is 2.89. The molecular weight excluding hydrogens is 428 g/mol. The fraction of sp³-hybridized carbons (Fsp3) is 0.286. The van der Waals surface area contributed by atoms with Gasteiger partial charge in [-0.1, -0.05) is 91.0 Å². The Morgan fingerprint density at radius 2 is 1.29 bits per heavy atom. The first-order valence-corrected chi connectivity index (χ1v) is 11.6. The maximum Gasteiger partial charge on any atom is 0.410 e.